The summed E-state index contributed by atoms with van der Waals surface area (Å²) < 4.78 is 6.81. The number of carbonyl (C=O) groups is 1. The lowest BCUT2D eigenvalue weighted by Crippen LogP contribution is -2.48. The summed E-state index contributed by atoms with van der Waals surface area (Å²) in [5, 5.41) is 0. The predicted molar refractivity (Wildman–Crippen MR) is 93.0 cm³/mol. The molecule has 1 aromatic heterocycles. The first kappa shape index (κ1) is 16.6. The standard InChI is InChI=1S/C18H25N3O3/c1-11(2)8-14-9-13(6-7-21(14)17(19)22)12-4-5-15-16(10-12)24-18(23)20(15)3/h4-5,10-11,13-14H,6-9H2,1-3H3,(H2,19,22). The third-order valence-electron chi connectivity index (χ3n) is 5.03. The van der Waals surface area contributed by atoms with Gasteiger partial charge in [-0.05, 0) is 48.8 Å². The van der Waals surface area contributed by atoms with Crippen molar-refractivity contribution in [1.29, 1.82) is 0 Å². The quantitative estimate of drug-likeness (QED) is 0.939. The molecule has 24 heavy (non-hydrogen) atoms. The third-order valence-corrected chi connectivity index (χ3v) is 5.03. The van der Waals surface area contributed by atoms with Gasteiger partial charge in [-0.2, -0.15) is 0 Å². The first-order valence-electron chi connectivity index (χ1n) is 8.52. The molecular formula is C18H25N3O3. The number of hydrogen-bond donors (Lipinski definition) is 1. The number of fused-ring (bicyclic) bond motifs is 1. The van der Waals surface area contributed by atoms with Gasteiger partial charge in [0.1, 0.15) is 0 Å². The molecule has 0 saturated carbocycles. The maximum atomic E-state index is 11.7. The van der Waals surface area contributed by atoms with Crippen LogP contribution in [0.25, 0.3) is 11.1 Å². The highest BCUT2D eigenvalue weighted by molar-refractivity contribution is 5.74. The summed E-state index contributed by atoms with van der Waals surface area (Å²) in [6.45, 7) is 5.00. The highest BCUT2D eigenvalue weighted by Gasteiger charge is 2.31. The molecule has 0 radical (unpaired) electrons. The summed E-state index contributed by atoms with van der Waals surface area (Å²) in [4.78, 5) is 25.2. The zero-order chi connectivity index (χ0) is 17.4. The van der Waals surface area contributed by atoms with Crippen molar-refractivity contribution in [1.82, 2.24) is 9.47 Å². The zero-order valence-corrected chi connectivity index (χ0v) is 14.5. The summed E-state index contributed by atoms with van der Waals surface area (Å²) in [6.07, 6.45) is 2.71. The zero-order valence-electron chi connectivity index (χ0n) is 14.5. The number of rotatable bonds is 3. The van der Waals surface area contributed by atoms with Crippen molar-refractivity contribution in [2.24, 2.45) is 18.7 Å². The van der Waals surface area contributed by atoms with E-state index in [2.05, 4.69) is 19.9 Å². The number of likely N-dealkylation sites (tertiary alicyclic amines) is 1. The fourth-order valence-corrected chi connectivity index (χ4v) is 3.82. The smallest absolute Gasteiger partial charge is 0.408 e. The molecule has 0 aliphatic carbocycles. The number of primary amides is 1. The number of nitrogens with zero attached hydrogens (tertiary/aromatic N) is 2. The van der Waals surface area contributed by atoms with Crippen LogP contribution < -0.4 is 11.5 Å². The number of carbonyl (C=O) groups excluding carboxylic acids is 1. The SMILES string of the molecule is CC(C)CC1CC(c2ccc3c(c2)oc(=O)n3C)CCN1C(N)=O. The average Bonchev–Trinajstić information content (AvgIpc) is 2.80. The lowest BCUT2D eigenvalue weighted by Gasteiger charge is -2.39. The molecule has 0 bridgehead atoms. The minimum atomic E-state index is -0.344. The van der Waals surface area contributed by atoms with Crippen LogP contribution in [0.4, 0.5) is 4.79 Å². The Bertz CT molecular complexity index is 805. The van der Waals surface area contributed by atoms with Crippen LogP contribution in [0.1, 0.15) is 44.6 Å². The van der Waals surface area contributed by atoms with E-state index in [1.165, 1.54) is 4.57 Å². The highest BCUT2D eigenvalue weighted by Crippen LogP contribution is 2.35. The second kappa shape index (κ2) is 6.34. The van der Waals surface area contributed by atoms with Gasteiger partial charge in [0.15, 0.2) is 5.58 Å². The minimum absolute atomic E-state index is 0.166. The number of amides is 2. The average molecular weight is 331 g/mol. The van der Waals surface area contributed by atoms with Gasteiger partial charge in [0.2, 0.25) is 0 Å². The lowest BCUT2D eigenvalue weighted by atomic mass is 9.82. The Labute approximate surface area is 141 Å². The van der Waals surface area contributed by atoms with Crippen LogP contribution in [-0.4, -0.2) is 28.1 Å². The minimum Gasteiger partial charge on any atom is -0.408 e. The monoisotopic (exact) mass is 331 g/mol. The van der Waals surface area contributed by atoms with E-state index in [1.54, 1.807) is 11.9 Å². The van der Waals surface area contributed by atoms with Crippen molar-refractivity contribution < 1.29 is 9.21 Å². The van der Waals surface area contributed by atoms with Crippen LogP contribution in [0, 0.1) is 5.92 Å². The first-order chi connectivity index (χ1) is 11.4. The van der Waals surface area contributed by atoms with Crippen LogP contribution in [0.15, 0.2) is 27.4 Å². The van der Waals surface area contributed by atoms with Gasteiger partial charge in [-0.1, -0.05) is 19.9 Å². The van der Waals surface area contributed by atoms with E-state index >= 15 is 0 Å². The molecule has 1 aliphatic heterocycles. The number of urea groups is 1. The number of aryl methyl sites for hydroxylation is 1. The Morgan fingerprint density at radius 3 is 2.83 bits per heavy atom. The van der Waals surface area contributed by atoms with E-state index in [1.807, 2.05) is 12.1 Å². The molecule has 2 atom stereocenters. The molecule has 1 saturated heterocycles. The Hall–Kier alpha value is -2.24. The molecule has 0 spiro atoms. The second-order valence-corrected chi connectivity index (χ2v) is 7.19. The maximum Gasteiger partial charge on any atom is 0.419 e. The molecule has 2 aromatic rings. The fraction of sp³-hybridized carbons (Fsp3) is 0.556. The van der Waals surface area contributed by atoms with Crippen LogP contribution >= 0.6 is 0 Å². The third kappa shape index (κ3) is 3.05. The van der Waals surface area contributed by atoms with Crippen molar-refractivity contribution in [2.75, 3.05) is 6.54 Å². The van der Waals surface area contributed by atoms with Crippen LogP contribution in [0.5, 0.6) is 0 Å². The topological polar surface area (TPSA) is 81.5 Å². The van der Waals surface area contributed by atoms with Crippen molar-refractivity contribution in [3.8, 4) is 0 Å². The fourth-order valence-electron chi connectivity index (χ4n) is 3.82. The van der Waals surface area contributed by atoms with E-state index in [9.17, 15) is 9.59 Å². The van der Waals surface area contributed by atoms with Gasteiger partial charge >= 0.3 is 11.8 Å². The molecule has 2 heterocycles. The van der Waals surface area contributed by atoms with Crippen LogP contribution in [-0.2, 0) is 7.05 Å². The molecule has 1 aliphatic rings. The van der Waals surface area contributed by atoms with E-state index < -0.39 is 0 Å². The first-order valence-corrected chi connectivity index (χ1v) is 8.52. The molecule has 3 rings (SSSR count). The number of hydrogen-bond acceptors (Lipinski definition) is 3. The predicted octanol–water partition coefficient (Wildman–Crippen LogP) is 2.80. The van der Waals surface area contributed by atoms with Crippen molar-refractivity contribution >= 4 is 17.1 Å². The molecule has 2 amide bonds. The summed E-state index contributed by atoms with van der Waals surface area (Å²) in [6, 6.07) is 5.80. The van der Waals surface area contributed by atoms with Gasteiger partial charge in [0.25, 0.3) is 0 Å². The van der Waals surface area contributed by atoms with Gasteiger partial charge in [-0.15, -0.1) is 0 Å². The van der Waals surface area contributed by atoms with Crippen molar-refractivity contribution in [3.63, 3.8) is 0 Å². The normalized spacial score (nSPS) is 21.6. The number of aromatic nitrogens is 1. The molecular weight excluding hydrogens is 306 g/mol. The summed E-state index contributed by atoms with van der Waals surface area (Å²) in [7, 11) is 1.71. The van der Waals surface area contributed by atoms with Crippen LogP contribution in [0.2, 0.25) is 0 Å². The van der Waals surface area contributed by atoms with Gasteiger partial charge in [0, 0.05) is 19.6 Å². The molecule has 130 valence electrons. The van der Waals surface area contributed by atoms with Gasteiger partial charge < -0.3 is 15.1 Å². The van der Waals surface area contributed by atoms with E-state index in [0.29, 0.717) is 24.0 Å². The Kier molecular flexibility index (Phi) is 4.39. The molecule has 6 heteroatoms. The van der Waals surface area contributed by atoms with E-state index in [-0.39, 0.29) is 17.8 Å². The second-order valence-electron chi connectivity index (χ2n) is 7.19. The Balaban J connectivity index is 1.86. The van der Waals surface area contributed by atoms with E-state index in [0.717, 1.165) is 30.3 Å². The van der Waals surface area contributed by atoms with Crippen LogP contribution in [0.3, 0.4) is 0 Å². The van der Waals surface area contributed by atoms with Gasteiger partial charge in [0.05, 0.1) is 5.52 Å². The number of oxazole rings is 1. The van der Waals surface area contributed by atoms with E-state index in [4.69, 9.17) is 10.2 Å². The van der Waals surface area contributed by atoms with Gasteiger partial charge in [-0.3, -0.25) is 4.57 Å². The number of nitrogens with two attached hydrogens (primary N) is 1. The van der Waals surface area contributed by atoms with Crippen molar-refractivity contribution in [3.05, 3.63) is 34.3 Å². The van der Waals surface area contributed by atoms with Gasteiger partial charge in [-0.25, -0.2) is 9.59 Å². The largest absolute Gasteiger partial charge is 0.419 e. The Morgan fingerprint density at radius 2 is 2.17 bits per heavy atom. The maximum absolute atomic E-state index is 11.7. The molecule has 2 unspecified atom stereocenters. The molecule has 1 fully saturated rings. The Morgan fingerprint density at radius 1 is 1.42 bits per heavy atom. The number of piperidine rings is 1. The molecule has 2 N–H and O–H groups in total. The summed E-state index contributed by atoms with van der Waals surface area (Å²) in [5.41, 5.74) is 8.13. The number of benzene rings is 1. The summed E-state index contributed by atoms with van der Waals surface area (Å²) >= 11 is 0. The summed E-state index contributed by atoms with van der Waals surface area (Å²) in [5.74, 6) is 0.507. The van der Waals surface area contributed by atoms with Crippen molar-refractivity contribution in [2.45, 2.75) is 45.1 Å². The highest BCUT2D eigenvalue weighted by atomic mass is 16.4. The molecule has 1 aromatic carbocycles. The lowest BCUT2D eigenvalue weighted by molar-refractivity contribution is 0.138. The molecule has 6 nitrogen and oxygen atoms in total.